The Morgan fingerprint density at radius 2 is 1.89 bits per heavy atom. The number of carboxylic acids is 1. The van der Waals surface area contributed by atoms with Crippen molar-refractivity contribution >= 4 is 39.9 Å². The van der Waals surface area contributed by atoms with E-state index in [0.29, 0.717) is 16.1 Å². The zero-order valence-corrected chi connectivity index (χ0v) is 20.6. The van der Waals surface area contributed by atoms with Gasteiger partial charge in [0, 0.05) is 29.0 Å². The van der Waals surface area contributed by atoms with E-state index in [0.717, 1.165) is 42.6 Å². The minimum absolute atomic E-state index is 0.0141. The van der Waals surface area contributed by atoms with Gasteiger partial charge >= 0.3 is 18.2 Å². The third kappa shape index (κ3) is 6.34. The summed E-state index contributed by atoms with van der Waals surface area (Å²) in [4.78, 5) is 47.0. The molecule has 9 nitrogen and oxygen atoms in total. The topological polar surface area (TPSA) is 137 Å². The SMILES string of the molecule is Cc1ccc(NC(=O)Nc2ncc(CCc3nc(C(=O)O)c(C(F)(F)F)[nH]3)s2)c(C(=O)C2CCCC2)c1. The maximum atomic E-state index is 13.0. The standard InChI is InChI=1S/C24H24F3N5O4S/c1-12-6-8-16(15(10-12)19(33)13-4-2-3-5-13)29-22(36)32-23-28-11-14(37-23)7-9-17-30-18(21(34)35)20(31-17)24(25,26)27/h6,8,10-11,13H,2-5,7,9H2,1H3,(H,30,31)(H,34,35)(H2,28,29,32,36). The summed E-state index contributed by atoms with van der Waals surface area (Å²) in [6, 6.07) is 4.68. The van der Waals surface area contributed by atoms with Crippen molar-refractivity contribution < 1.29 is 32.7 Å². The number of ketones is 1. The monoisotopic (exact) mass is 535 g/mol. The lowest BCUT2D eigenvalue weighted by Crippen LogP contribution is -2.22. The van der Waals surface area contributed by atoms with E-state index in [1.54, 1.807) is 18.2 Å². The summed E-state index contributed by atoms with van der Waals surface area (Å²) in [6.45, 7) is 1.88. The summed E-state index contributed by atoms with van der Waals surface area (Å²) >= 11 is 1.12. The van der Waals surface area contributed by atoms with Gasteiger partial charge in [0.25, 0.3) is 0 Å². The van der Waals surface area contributed by atoms with E-state index >= 15 is 0 Å². The van der Waals surface area contributed by atoms with Gasteiger partial charge in [-0.1, -0.05) is 24.5 Å². The molecule has 2 amide bonds. The van der Waals surface area contributed by atoms with E-state index in [4.69, 9.17) is 5.11 Å². The lowest BCUT2D eigenvalue weighted by atomic mass is 9.94. The van der Waals surface area contributed by atoms with Crippen LogP contribution in [0.3, 0.4) is 0 Å². The first-order chi connectivity index (χ1) is 17.5. The molecule has 13 heteroatoms. The summed E-state index contributed by atoms with van der Waals surface area (Å²) in [7, 11) is 0. The number of urea groups is 1. The number of benzene rings is 1. The number of thiazole rings is 1. The number of Topliss-reactive ketones (excluding diaryl/α,β-unsaturated/α-hetero) is 1. The van der Waals surface area contributed by atoms with Gasteiger partial charge in [0.15, 0.2) is 22.3 Å². The first-order valence-electron chi connectivity index (χ1n) is 11.6. The number of hydrogen-bond donors (Lipinski definition) is 4. The maximum Gasteiger partial charge on any atom is 0.433 e. The van der Waals surface area contributed by atoms with Crippen molar-refractivity contribution in [2.45, 2.75) is 51.6 Å². The van der Waals surface area contributed by atoms with Crippen molar-refractivity contribution in [2.24, 2.45) is 5.92 Å². The second-order valence-electron chi connectivity index (χ2n) is 8.82. The Morgan fingerprint density at radius 1 is 1.16 bits per heavy atom. The molecule has 1 saturated carbocycles. The molecule has 0 bridgehead atoms. The van der Waals surface area contributed by atoms with Gasteiger partial charge in [0.1, 0.15) is 5.82 Å². The summed E-state index contributed by atoms with van der Waals surface area (Å²) < 4.78 is 39.1. The molecule has 4 rings (SSSR count). The molecule has 1 fully saturated rings. The van der Waals surface area contributed by atoms with Crippen LogP contribution in [0.25, 0.3) is 0 Å². The molecule has 3 aromatic rings. The van der Waals surface area contributed by atoms with E-state index in [9.17, 15) is 27.6 Å². The summed E-state index contributed by atoms with van der Waals surface area (Å²) in [5, 5.41) is 14.5. The van der Waals surface area contributed by atoms with Gasteiger partial charge in [-0.25, -0.2) is 19.6 Å². The number of aromatic carboxylic acids is 1. The molecule has 2 aromatic heterocycles. The number of carbonyl (C=O) groups is 3. The second-order valence-corrected chi connectivity index (χ2v) is 9.93. The molecule has 0 aliphatic heterocycles. The number of carbonyl (C=O) groups excluding carboxylic acids is 2. The van der Waals surface area contributed by atoms with E-state index in [1.165, 1.54) is 6.20 Å². The maximum absolute atomic E-state index is 13.0. The van der Waals surface area contributed by atoms with Crippen LogP contribution in [0, 0.1) is 12.8 Å². The van der Waals surface area contributed by atoms with Crippen LogP contribution in [0.4, 0.5) is 28.8 Å². The van der Waals surface area contributed by atoms with Gasteiger partial charge in [-0.2, -0.15) is 13.2 Å². The number of aryl methyl sites for hydroxylation is 3. The van der Waals surface area contributed by atoms with Crippen LogP contribution >= 0.6 is 11.3 Å². The van der Waals surface area contributed by atoms with Crippen molar-refractivity contribution in [3.63, 3.8) is 0 Å². The van der Waals surface area contributed by atoms with Crippen molar-refractivity contribution in [3.05, 3.63) is 57.6 Å². The molecular formula is C24H24F3N5O4S. The highest BCUT2D eigenvalue weighted by Crippen LogP contribution is 2.32. The average molecular weight is 536 g/mol. The molecule has 0 radical (unpaired) electrons. The molecule has 1 aliphatic carbocycles. The molecule has 37 heavy (non-hydrogen) atoms. The normalized spacial score (nSPS) is 14.1. The van der Waals surface area contributed by atoms with E-state index in [2.05, 4.69) is 20.6 Å². The van der Waals surface area contributed by atoms with Gasteiger partial charge in [0.2, 0.25) is 0 Å². The quantitative estimate of drug-likeness (QED) is 0.273. The highest BCUT2D eigenvalue weighted by molar-refractivity contribution is 7.15. The minimum atomic E-state index is -4.87. The Hall–Kier alpha value is -3.74. The molecule has 1 aliphatic rings. The van der Waals surface area contributed by atoms with Crippen LogP contribution in [0.2, 0.25) is 0 Å². The van der Waals surface area contributed by atoms with Crippen LogP contribution < -0.4 is 10.6 Å². The van der Waals surface area contributed by atoms with Gasteiger partial charge in [-0.15, -0.1) is 11.3 Å². The number of halogens is 3. The molecule has 4 N–H and O–H groups in total. The highest BCUT2D eigenvalue weighted by atomic mass is 32.1. The van der Waals surface area contributed by atoms with Crippen molar-refractivity contribution in [2.75, 3.05) is 10.6 Å². The minimum Gasteiger partial charge on any atom is -0.476 e. The Kier molecular flexibility index (Phi) is 7.62. The zero-order chi connectivity index (χ0) is 26.7. The Balaban J connectivity index is 1.38. The number of rotatable bonds is 8. The number of nitrogens with one attached hydrogen (secondary N) is 3. The third-order valence-corrected chi connectivity index (χ3v) is 7.01. The summed E-state index contributed by atoms with van der Waals surface area (Å²) in [5.41, 5.74) is -0.692. The number of imidazole rings is 1. The van der Waals surface area contributed by atoms with Crippen molar-refractivity contribution in [1.82, 2.24) is 15.0 Å². The predicted molar refractivity (Wildman–Crippen MR) is 130 cm³/mol. The third-order valence-electron chi connectivity index (χ3n) is 6.04. The fourth-order valence-electron chi connectivity index (χ4n) is 4.25. The van der Waals surface area contributed by atoms with Crippen molar-refractivity contribution in [3.8, 4) is 0 Å². The number of carboxylic acid groups (broad SMARTS) is 1. The Morgan fingerprint density at radius 3 is 2.54 bits per heavy atom. The number of H-pyrrole nitrogens is 1. The molecule has 0 unspecified atom stereocenters. The Labute approximate surface area is 213 Å². The fourth-order valence-corrected chi connectivity index (χ4v) is 5.06. The molecule has 0 spiro atoms. The molecular weight excluding hydrogens is 511 g/mol. The molecule has 1 aromatic carbocycles. The summed E-state index contributed by atoms with van der Waals surface area (Å²) in [5.74, 6) is -1.92. The second kappa shape index (κ2) is 10.7. The fraction of sp³-hybridized carbons (Fsp3) is 0.375. The van der Waals surface area contributed by atoms with Crippen molar-refractivity contribution in [1.29, 1.82) is 0 Å². The van der Waals surface area contributed by atoms with E-state index in [-0.39, 0.29) is 35.5 Å². The number of amides is 2. The van der Waals surface area contributed by atoms with Gasteiger partial charge in [-0.05, 0) is 38.3 Å². The Bertz CT molecular complexity index is 1330. The average Bonchev–Trinajstić information content (AvgIpc) is 3.59. The summed E-state index contributed by atoms with van der Waals surface area (Å²) in [6.07, 6.45) is 0.549. The first-order valence-corrected chi connectivity index (χ1v) is 12.4. The number of aromatic nitrogens is 3. The molecule has 0 saturated heterocycles. The van der Waals surface area contributed by atoms with Crippen LogP contribution in [0.15, 0.2) is 24.4 Å². The predicted octanol–water partition coefficient (Wildman–Crippen LogP) is 5.69. The smallest absolute Gasteiger partial charge is 0.433 e. The first kappa shape index (κ1) is 26.3. The van der Waals surface area contributed by atoms with Crippen LogP contribution in [-0.2, 0) is 19.0 Å². The number of hydrogen-bond acceptors (Lipinski definition) is 6. The van der Waals surface area contributed by atoms with Gasteiger partial charge in [-0.3, -0.25) is 10.1 Å². The number of aromatic amines is 1. The van der Waals surface area contributed by atoms with E-state index < -0.39 is 29.6 Å². The largest absolute Gasteiger partial charge is 0.476 e. The molecule has 196 valence electrons. The lowest BCUT2D eigenvalue weighted by molar-refractivity contribution is -0.141. The molecule has 2 heterocycles. The number of alkyl halides is 3. The van der Waals surface area contributed by atoms with Crippen LogP contribution in [-0.4, -0.2) is 37.8 Å². The highest BCUT2D eigenvalue weighted by Gasteiger charge is 2.39. The van der Waals surface area contributed by atoms with Gasteiger partial charge < -0.3 is 15.4 Å². The lowest BCUT2D eigenvalue weighted by Gasteiger charge is -2.14. The van der Waals surface area contributed by atoms with E-state index in [1.807, 2.05) is 11.9 Å². The zero-order valence-electron chi connectivity index (χ0n) is 19.7. The van der Waals surface area contributed by atoms with Crippen LogP contribution in [0.1, 0.15) is 68.5 Å². The molecule has 0 atom stereocenters. The van der Waals surface area contributed by atoms with Gasteiger partial charge in [0.05, 0.1) is 5.69 Å². The van der Waals surface area contributed by atoms with Crippen LogP contribution in [0.5, 0.6) is 0 Å². The number of anilines is 2. The number of nitrogens with zero attached hydrogens (tertiary/aromatic N) is 2.